The SMILES string of the molecule is CCOC(=O)CCOCCOCCOCCOCCOCCN(C)C. The molecule has 0 aromatic rings. The summed E-state index contributed by atoms with van der Waals surface area (Å²) in [7, 11) is 4.03. The third-order valence-corrected chi connectivity index (χ3v) is 2.93. The largest absolute Gasteiger partial charge is 0.466 e. The quantitative estimate of drug-likeness (QED) is 0.243. The van der Waals surface area contributed by atoms with Gasteiger partial charge in [-0.2, -0.15) is 0 Å². The van der Waals surface area contributed by atoms with E-state index in [2.05, 4.69) is 4.90 Å². The lowest BCUT2D eigenvalue weighted by Crippen LogP contribution is -2.19. The number of hydrogen-bond donors (Lipinski definition) is 0. The predicted octanol–water partition coefficient (Wildman–Crippen LogP) is 0.584. The Balaban J connectivity index is 3.04. The normalized spacial score (nSPS) is 11.2. The molecule has 0 aromatic heterocycles. The second kappa shape index (κ2) is 19.6. The fraction of sp³-hybridized carbons (Fsp3) is 0.941. The molecule has 0 aliphatic carbocycles. The summed E-state index contributed by atoms with van der Waals surface area (Å²) < 4.78 is 31.6. The van der Waals surface area contributed by atoms with Crippen molar-refractivity contribution in [2.24, 2.45) is 0 Å². The van der Waals surface area contributed by atoms with Crippen molar-refractivity contribution in [3.63, 3.8) is 0 Å². The minimum absolute atomic E-state index is 0.237. The van der Waals surface area contributed by atoms with Crippen molar-refractivity contribution in [3.8, 4) is 0 Å². The Kier molecular flexibility index (Phi) is 19.0. The number of carbonyl (C=O) groups is 1. The molecule has 150 valence electrons. The van der Waals surface area contributed by atoms with E-state index >= 15 is 0 Å². The molecule has 0 saturated heterocycles. The zero-order valence-corrected chi connectivity index (χ0v) is 16.0. The van der Waals surface area contributed by atoms with E-state index in [0.29, 0.717) is 66.1 Å². The van der Waals surface area contributed by atoms with Crippen LogP contribution in [0.15, 0.2) is 0 Å². The Labute approximate surface area is 151 Å². The molecular formula is C17H35NO7. The summed E-state index contributed by atoms with van der Waals surface area (Å²) >= 11 is 0. The fourth-order valence-corrected chi connectivity index (χ4v) is 1.62. The molecule has 0 aromatic carbocycles. The summed E-state index contributed by atoms with van der Waals surface area (Å²) in [6.07, 6.45) is 0.275. The first-order chi connectivity index (χ1) is 12.2. The zero-order valence-electron chi connectivity index (χ0n) is 16.0. The summed E-state index contributed by atoms with van der Waals surface area (Å²) in [5, 5.41) is 0. The molecular weight excluding hydrogens is 330 g/mol. The number of carbonyl (C=O) groups excluding carboxylic acids is 1. The molecule has 0 heterocycles. The highest BCUT2D eigenvalue weighted by atomic mass is 16.6. The van der Waals surface area contributed by atoms with Crippen molar-refractivity contribution in [2.75, 3.05) is 93.3 Å². The van der Waals surface area contributed by atoms with Gasteiger partial charge in [-0.1, -0.05) is 0 Å². The van der Waals surface area contributed by atoms with E-state index in [1.807, 2.05) is 14.1 Å². The first-order valence-electron chi connectivity index (χ1n) is 8.85. The minimum atomic E-state index is -0.237. The Bertz CT molecular complexity index is 290. The van der Waals surface area contributed by atoms with Crippen molar-refractivity contribution >= 4 is 5.97 Å². The van der Waals surface area contributed by atoms with Crippen LogP contribution < -0.4 is 0 Å². The van der Waals surface area contributed by atoms with Gasteiger partial charge in [0, 0.05) is 6.54 Å². The summed E-state index contributed by atoms with van der Waals surface area (Å²) in [5.74, 6) is -0.237. The molecule has 8 heteroatoms. The van der Waals surface area contributed by atoms with Crippen molar-refractivity contribution in [1.82, 2.24) is 4.90 Å². The molecule has 0 unspecified atom stereocenters. The van der Waals surface area contributed by atoms with Crippen LogP contribution in [-0.4, -0.2) is 104 Å². The first-order valence-corrected chi connectivity index (χ1v) is 8.85. The van der Waals surface area contributed by atoms with Gasteiger partial charge >= 0.3 is 5.97 Å². The molecule has 0 bridgehead atoms. The van der Waals surface area contributed by atoms with Crippen molar-refractivity contribution in [2.45, 2.75) is 13.3 Å². The maximum Gasteiger partial charge on any atom is 0.308 e. The molecule has 0 atom stereocenters. The van der Waals surface area contributed by atoms with Gasteiger partial charge in [-0.05, 0) is 21.0 Å². The van der Waals surface area contributed by atoms with Crippen LogP contribution in [0.25, 0.3) is 0 Å². The maximum absolute atomic E-state index is 11.0. The summed E-state index contributed by atoms with van der Waals surface area (Å²) in [5.41, 5.74) is 0. The van der Waals surface area contributed by atoms with Crippen LogP contribution in [0, 0.1) is 0 Å². The number of rotatable bonds is 19. The van der Waals surface area contributed by atoms with Crippen LogP contribution in [0.5, 0.6) is 0 Å². The molecule has 0 saturated carbocycles. The topological polar surface area (TPSA) is 75.7 Å². The minimum Gasteiger partial charge on any atom is -0.466 e. The molecule has 0 aliphatic rings. The second-order valence-electron chi connectivity index (χ2n) is 5.42. The van der Waals surface area contributed by atoms with E-state index in [0.717, 1.165) is 13.2 Å². The molecule has 0 rings (SSSR count). The predicted molar refractivity (Wildman–Crippen MR) is 93.9 cm³/mol. The highest BCUT2D eigenvalue weighted by Crippen LogP contribution is 1.89. The van der Waals surface area contributed by atoms with Gasteiger partial charge in [0.25, 0.3) is 0 Å². The molecule has 0 aliphatic heterocycles. The average molecular weight is 365 g/mol. The van der Waals surface area contributed by atoms with Gasteiger partial charge in [-0.15, -0.1) is 0 Å². The van der Waals surface area contributed by atoms with Crippen LogP contribution in [-0.2, 0) is 33.2 Å². The third-order valence-electron chi connectivity index (χ3n) is 2.93. The van der Waals surface area contributed by atoms with E-state index < -0.39 is 0 Å². The van der Waals surface area contributed by atoms with Crippen LogP contribution in [0.2, 0.25) is 0 Å². The van der Waals surface area contributed by atoms with Crippen molar-refractivity contribution < 1.29 is 33.2 Å². The van der Waals surface area contributed by atoms with Crippen LogP contribution >= 0.6 is 0 Å². The molecule has 0 spiro atoms. The Hall–Kier alpha value is -0.770. The number of hydrogen-bond acceptors (Lipinski definition) is 8. The third kappa shape index (κ3) is 21.2. The van der Waals surface area contributed by atoms with Gasteiger partial charge in [0.2, 0.25) is 0 Å². The van der Waals surface area contributed by atoms with E-state index in [4.69, 9.17) is 28.4 Å². The summed E-state index contributed by atoms with van der Waals surface area (Å²) in [4.78, 5) is 13.1. The second-order valence-corrected chi connectivity index (χ2v) is 5.42. The highest BCUT2D eigenvalue weighted by molar-refractivity contribution is 5.69. The first kappa shape index (κ1) is 24.2. The van der Waals surface area contributed by atoms with Gasteiger partial charge in [0.1, 0.15) is 0 Å². The van der Waals surface area contributed by atoms with Crippen LogP contribution in [0.4, 0.5) is 0 Å². The molecule has 0 fully saturated rings. The number of esters is 1. The zero-order chi connectivity index (χ0) is 18.6. The molecule has 0 radical (unpaired) electrons. The molecule has 0 amide bonds. The van der Waals surface area contributed by atoms with Crippen molar-refractivity contribution in [1.29, 1.82) is 0 Å². The monoisotopic (exact) mass is 365 g/mol. The number of likely N-dealkylation sites (N-methyl/N-ethyl adjacent to an activating group) is 1. The standard InChI is InChI=1S/C17H35NO7/c1-4-25-17(19)5-7-20-9-11-22-13-15-24-16-14-23-12-10-21-8-6-18(2)3/h4-16H2,1-3H3. The number of nitrogens with zero attached hydrogens (tertiary/aromatic N) is 1. The fourth-order valence-electron chi connectivity index (χ4n) is 1.62. The molecule has 8 nitrogen and oxygen atoms in total. The van der Waals surface area contributed by atoms with Crippen LogP contribution in [0.1, 0.15) is 13.3 Å². The van der Waals surface area contributed by atoms with Gasteiger partial charge in [-0.3, -0.25) is 4.79 Å². The Morgan fingerprint density at radius 1 is 0.680 bits per heavy atom. The average Bonchev–Trinajstić information content (AvgIpc) is 2.57. The molecule has 25 heavy (non-hydrogen) atoms. The Morgan fingerprint density at radius 2 is 1.08 bits per heavy atom. The lowest BCUT2D eigenvalue weighted by Gasteiger charge is -2.10. The smallest absolute Gasteiger partial charge is 0.308 e. The van der Waals surface area contributed by atoms with Gasteiger partial charge < -0.3 is 33.3 Å². The van der Waals surface area contributed by atoms with Gasteiger partial charge in [0.15, 0.2) is 0 Å². The number of ether oxygens (including phenoxy) is 6. The van der Waals surface area contributed by atoms with E-state index in [1.54, 1.807) is 6.92 Å². The van der Waals surface area contributed by atoms with E-state index in [1.165, 1.54) is 0 Å². The van der Waals surface area contributed by atoms with Crippen molar-refractivity contribution in [3.05, 3.63) is 0 Å². The maximum atomic E-state index is 11.0. The lowest BCUT2D eigenvalue weighted by molar-refractivity contribution is -0.144. The summed E-state index contributed by atoms with van der Waals surface area (Å²) in [6, 6.07) is 0. The van der Waals surface area contributed by atoms with E-state index in [9.17, 15) is 4.79 Å². The van der Waals surface area contributed by atoms with Crippen LogP contribution in [0.3, 0.4) is 0 Å². The summed E-state index contributed by atoms with van der Waals surface area (Å²) in [6.45, 7) is 8.41. The Morgan fingerprint density at radius 3 is 1.48 bits per heavy atom. The molecule has 0 N–H and O–H groups in total. The van der Waals surface area contributed by atoms with Gasteiger partial charge in [-0.25, -0.2) is 0 Å². The lowest BCUT2D eigenvalue weighted by atomic mass is 10.5. The van der Waals surface area contributed by atoms with E-state index in [-0.39, 0.29) is 12.4 Å². The highest BCUT2D eigenvalue weighted by Gasteiger charge is 2.00. The van der Waals surface area contributed by atoms with Gasteiger partial charge in [0.05, 0.1) is 79.1 Å².